The summed E-state index contributed by atoms with van der Waals surface area (Å²) in [5, 5.41) is 7.17. The molecule has 2 aromatic heterocycles. The highest BCUT2D eigenvalue weighted by Crippen LogP contribution is 2.19. The summed E-state index contributed by atoms with van der Waals surface area (Å²) in [6.07, 6.45) is 5.78. The molecule has 8 nitrogen and oxygen atoms in total. The van der Waals surface area contributed by atoms with E-state index in [1.54, 1.807) is 18.5 Å². The molecule has 2 aromatic rings. The second kappa shape index (κ2) is 5.62. The lowest BCUT2D eigenvalue weighted by atomic mass is 10.1. The number of fused-ring (bicyclic) bond motifs is 1. The van der Waals surface area contributed by atoms with Gasteiger partial charge in [0.05, 0.1) is 25.3 Å². The number of hydrogen-bond acceptors (Lipinski definition) is 6. The molecule has 2 saturated heterocycles. The third kappa shape index (κ3) is 2.44. The van der Waals surface area contributed by atoms with Crippen LogP contribution in [0.2, 0.25) is 0 Å². The molecule has 0 unspecified atom stereocenters. The average Bonchev–Trinajstić information content (AvgIpc) is 3.26. The van der Waals surface area contributed by atoms with Crippen LogP contribution in [0.1, 0.15) is 23.5 Å². The molecule has 1 amide bonds. The van der Waals surface area contributed by atoms with Gasteiger partial charge in [0.1, 0.15) is 0 Å². The standard InChI is InChI=1S/C14H18N6O2/c21-13(12-17-14-15-4-3-7-20(14)18-12)16-10-8-22-9-11(10)19-5-1-2-6-19/h3-4,7,10-11H,1-2,5-6,8-9H2,(H,16,21)/t10-,11-/m0/s1. The molecule has 0 saturated carbocycles. The van der Waals surface area contributed by atoms with E-state index in [4.69, 9.17) is 4.74 Å². The lowest BCUT2D eigenvalue weighted by molar-refractivity contribution is 0.0906. The van der Waals surface area contributed by atoms with Crippen LogP contribution in [0.4, 0.5) is 0 Å². The minimum absolute atomic E-state index is 0.00910. The molecule has 0 bridgehead atoms. The molecule has 4 rings (SSSR count). The first-order valence-corrected chi connectivity index (χ1v) is 7.61. The maximum Gasteiger partial charge on any atom is 0.291 e. The summed E-state index contributed by atoms with van der Waals surface area (Å²) in [5.41, 5.74) is 0. The number of nitrogens with one attached hydrogen (secondary N) is 1. The van der Waals surface area contributed by atoms with E-state index in [1.165, 1.54) is 17.4 Å². The molecule has 0 aromatic carbocycles. The fourth-order valence-electron chi connectivity index (χ4n) is 3.18. The Bertz CT molecular complexity index is 648. The van der Waals surface area contributed by atoms with Crippen molar-refractivity contribution in [3.63, 3.8) is 0 Å². The van der Waals surface area contributed by atoms with Crippen molar-refractivity contribution in [3.8, 4) is 0 Å². The summed E-state index contributed by atoms with van der Waals surface area (Å²) in [5.74, 6) is 0.294. The third-order valence-corrected chi connectivity index (χ3v) is 4.30. The van der Waals surface area contributed by atoms with Gasteiger partial charge in [0, 0.05) is 12.4 Å². The van der Waals surface area contributed by atoms with E-state index in [1.807, 2.05) is 0 Å². The van der Waals surface area contributed by atoms with Crippen LogP contribution in [0.25, 0.3) is 5.78 Å². The van der Waals surface area contributed by atoms with Crippen molar-refractivity contribution in [1.29, 1.82) is 0 Å². The minimum Gasteiger partial charge on any atom is -0.378 e. The fourth-order valence-corrected chi connectivity index (χ4v) is 3.18. The van der Waals surface area contributed by atoms with E-state index < -0.39 is 0 Å². The van der Waals surface area contributed by atoms with Gasteiger partial charge < -0.3 is 10.1 Å². The Labute approximate surface area is 127 Å². The van der Waals surface area contributed by atoms with E-state index in [0.29, 0.717) is 19.0 Å². The lowest BCUT2D eigenvalue weighted by Crippen LogP contribution is -2.50. The number of hydrogen-bond donors (Lipinski definition) is 1. The van der Waals surface area contributed by atoms with Crippen LogP contribution < -0.4 is 5.32 Å². The van der Waals surface area contributed by atoms with E-state index in [2.05, 4.69) is 25.3 Å². The highest BCUT2D eigenvalue weighted by Gasteiger charge is 2.35. The zero-order chi connectivity index (χ0) is 14.9. The van der Waals surface area contributed by atoms with Crippen LogP contribution in [0.5, 0.6) is 0 Å². The summed E-state index contributed by atoms with van der Waals surface area (Å²) in [6, 6.07) is 1.99. The SMILES string of the molecule is O=C(N[C@H]1COC[C@@H]1N1CCCC1)c1nc2ncccn2n1. The van der Waals surface area contributed by atoms with E-state index >= 15 is 0 Å². The maximum atomic E-state index is 12.4. The Morgan fingerprint density at radius 1 is 1.32 bits per heavy atom. The molecule has 2 aliphatic heterocycles. The van der Waals surface area contributed by atoms with Crippen LogP contribution in [-0.4, -0.2) is 68.8 Å². The van der Waals surface area contributed by atoms with Crippen molar-refractivity contribution in [1.82, 2.24) is 29.8 Å². The number of carbonyl (C=O) groups is 1. The first-order valence-electron chi connectivity index (χ1n) is 7.61. The molecule has 0 aliphatic carbocycles. The van der Waals surface area contributed by atoms with E-state index in [9.17, 15) is 4.79 Å². The molecule has 0 spiro atoms. The van der Waals surface area contributed by atoms with Gasteiger partial charge >= 0.3 is 0 Å². The van der Waals surface area contributed by atoms with Gasteiger partial charge in [-0.25, -0.2) is 9.50 Å². The Kier molecular flexibility index (Phi) is 3.47. The summed E-state index contributed by atoms with van der Waals surface area (Å²) >= 11 is 0. The average molecular weight is 302 g/mol. The largest absolute Gasteiger partial charge is 0.378 e. The zero-order valence-corrected chi connectivity index (χ0v) is 12.2. The maximum absolute atomic E-state index is 12.4. The molecule has 2 atom stereocenters. The van der Waals surface area contributed by atoms with Gasteiger partial charge in [-0.2, -0.15) is 4.98 Å². The van der Waals surface area contributed by atoms with Gasteiger partial charge in [0.15, 0.2) is 0 Å². The minimum atomic E-state index is -0.273. The topological polar surface area (TPSA) is 84.6 Å². The number of ether oxygens (including phenoxy) is 1. The first-order chi connectivity index (χ1) is 10.8. The van der Waals surface area contributed by atoms with Crippen LogP contribution in [0.3, 0.4) is 0 Å². The van der Waals surface area contributed by atoms with Crippen LogP contribution in [0.15, 0.2) is 18.5 Å². The third-order valence-electron chi connectivity index (χ3n) is 4.30. The number of rotatable bonds is 3. The van der Waals surface area contributed by atoms with Gasteiger partial charge in [0.2, 0.25) is 5.82 Å². The summed E-state index contributed by atoms with van der Waals surface area (Å²) in [6.45, 7) is 3.37. The van der Waals surface area contributed by atoms with Gasteiger partial charge in [-0.1, -0.05) is 0 Å². The van der Waals surface area contributed by atoms with Crippen molar-refractivity contribution in [2.24, 2.45) is 0 Å². The van der Waals surface area contributed by atoms with Crippen molar-refractivity contribution in [2.45, 2.75) is 24.9 Å². The van der Waals surface area contributed by atoms with Gasteiger partial charge in [-0.3, -0.25) is 9.69 Å². The lowest BCUT2D eigenvalue weighted by Gasteiger charge is -2.27. The number of nitrogens with zero attached hydrogens (tertiary/aromatic N) is 5. The van der Waals surface area contributed by atoms with Crippen LogP contribution in [0, 0.1) is 0 Å². The smallest absolute Gasteiger partial charge is 0.291 e. The Morgan fingerprint density at radius 3 is 3.00 bits per heavy atom. The molecule has 116 valence electrons. The number of amides is 1. The highest BCUT2D eigenvalue weighted by molar-refractivity contribution is 5.91. The van der Waals surface area contributed by atoms with Crippen LogP contribution >= 0.6 is 0 Å². The van der Waals surface area contributed by atoms with Crippen molar-refractivity contribution >= 4 is 11.7 Å². The molecule has 8 heteroatoms. The highest BCUT2D eigenvalue weighted by atomic mass is 16.5. The predicted molar refractivity (Wildman–Crippen MR) is 77.5 cm³/mol. The molecule has 2 fully saturated rings. The van der Waals surface area contributed by atoms with E-state index in [-0.39, 0.29) is 23.8 Å². The Morgan fingerprint density at radius 2 is 2.18 bits per heavy atom. The Hall–Kier alpha value is -2.06. The fraction of sp³-hybridized carbons (Fsp3) is 0.571. The quantitative estimate of drug-likeness (QED) is 0.839. The van der Waals surface area contributed by atoms with Gasteiger partial charge in [-0.05, 0) is 32.0 Å². The number of aromatic nitrogens is 4. The number of carbonyl (C=O) groups excluding carboxylic acids is 1. The molecule has 22 heavy (non-hydrogen) atoms. The molecular formula is C14H18N6O2. The summed E-state index contributed by atoms with van der Waals surface area (Å²) < 4.78 is 7.06. The molecular weight excluding hydrogens is 284 g/mol. The number of likely N-dealkylation sites (tertiary alicyclic amines) is 1. The summed E-state index contributed by atoms with van der Waals surface area (Å²) in [4.78, 5) is 23.0. The monoisotopic (exact) mass is 302 g/mol. The second-order valence-corrected chi connectivity index (χ2v) is 5.73. The molecule has 4 heterocycles. The summed E-state index contributed by atoms with van der Waals surface area (Å²) in [7, 11) is 0. The normalized spacial score (nSPS) is 25.8. The van der Waals surface area contributed by atoms with E-state index in [0.717, 1.165) is 13.1 Å². The van der Waals surface area contributed by atoms with Crippen LogP contribution in [-0.2, 0) is 4.74 Å². The van der Waals surface area contributed by atoms with Crippen molar-refractivity contribution < 1.29 is 9.53 Å². The first kappa shape index (κ1) is 13.6. The van der Waals surface area contributed by atoms with Gasteiger partial charge in [-0.15, -0.1) is 5.10 Å². The van der Waals surface area contributed by atoms with Crippen molar-refractivity contribution in [3.05, 3.63) is 24.3 Å². The molecule has 0 radical (unpaired) electrons. The van der Waals surface area contributed by atoms with Gasteiger partial charge in [0.25, 0.3) is 11.7 Å². The predicted octanol–water partition coefficient (Wildman–Crippen LogP) is -0.283. The second-order valence-electron chi connectivity index (χ2n) is 5.73. The molecule has 1 N–H and O–H groups in total. The Balaban J connectivity index is 1.48. The molecule has 2 aliphatic rings. The van der Waals surface area contributed by atoms with Crippen molar-refractivity contribution in [2.75, 3.05) is 26.3 Å². The zero-order valence-electron chi connectivity index (χ0n) is 12.2.